The van der Waals surface area contributed by atoms with Crippen LogP contribution in [0, 0.1) is 0 Å². The lowest BCUT2D eigenvalue weighted by molar-refractivity contribution is -0.870. The third-order valence-corrected chi connectivity index (χ3v) is 8.27. The van der Waals surface area contributed by atoms with Crippen LogP contribution in [0.2, 0.25) is 0 Å². The fourth-order valence-corrected chi connectivity index (χ4v) is 5.45. The Hall–Kier alpha value is -0.750. The number of quaternary nitrogens is 1. The summed E-state index contributed by atoms with van der Waals surface area (Å²) >= 11 is 0. The van der Waals surface area contributed by atoms with Crippen LogP contribution in [0.3, 0.4) is 0 Å². The fourth-order valence-electron chi connectivity index (χ4n) is 4.75. The van der Waals surface area contributed by atoms with E-state index in [-0.39, 0.29) is 13.2 Å². The highest BCUT2D eigenvalue weighted by atomic mass is 31.2. The van der Waals surface area contributed by atoms with Gasteiger partial charge in [0.2, 0.25) is 0 Å². The average Bonchev–Trinajstić information content (AvgIpc) is 2.88. The molecular weight excluding hydrogens is 507 g/mol. The van der Waals surface area contributed by atoms with Gasteiger partial charge >= 0.3 is 7.82 Å². The molecule has 0 aliphatic rings. The van der Waals surface area contributed by atoms with E-state index in [1.54, 1.807) is 0 Å². The molecule has 0 spiro atoms. The van der Waals surface area contributed by atoms with E-state index < -0.39 is 7.82 Å². The van der Waals surface area contributed by atoms with Crippen LogP contribution in [0.15, 0.2) is 30.3 Å². The van der Waals surface area contributed by atoms with Gasteiger partial charge in [-0.1, -0.05) is 134 Å². The number of rotatable bonds is 27. The molecule has 0 bridgehead atoms. The molecule has 1 atom stereocenters. The first kappa shape index (κ1) is 36.3. The van der Waals surface area contributed by atoms with Gasteiger partial charge < -0.3 is 9.38 Å². The van der Waals surface area contributed by atoms with Gasteiger partial charge in [0.25, 0.3) is 0 Å². The van der Waals surface area contributed by atoms with Crippen molar-refractivity contribution in [3.8, 4) is 0 Å². The second-order valence-corrected chi connectivity index (χ2v) is 13.7. The topological polar surface area (TPSA) is 59.0 Å². The Morgan fingerprint density at radius 1 is 0.692 bits per heavy atom. The standard InChI is InChI=1S/C32H61N2O4P/c1-5-6-7-8-9-10-11-12-13-14-15-16-17-18-19-23-26-33(31-32-24-21-20-22-25-32)27-29-37-39(35,36)38-30-28-34(2,3)4/h20-22,24-25H,5-19,23,26-31H2,1-4H3/p+1. The van der Waals surface area contributed by atoms with Crippen LogP contribution in [0.5, 0.6) is 0 Å². The Balaban J connectivity index is 2.16. The van der Waals surface area contributed by atoms with Crippen LogP contribution in [0.4, 0.5) is 0 Å². The molecular formula is C32H62N2O4P+. The highest BCUT2D eigenvalue weighted by Gasteiger charge is 2.22. The third-order valence-electron chi connectivity index (χ3n) is 7.26. The minimum Gasteiger partial charge on any atom is -0.329 e. The second kappa shape index (κ2) is 22.9. The van der Waals surface area contributed by atoms with Gasteiger partial charge in [0.1, 0.15) is 13.2 Å². The summed E-state index contributed by atoms with van der Waals surface area (Å²) in [6.07, 6.45) is 21.9. The Bertz CT molecular complexity index is 727. The molecule has 0 heterocycles. The summed E-state index contributed by atoms with van der Waals surface area (Å²) in [6, 6.07) is 10.4. The maximum atomic E-state index is 12.2. The molecule has 1 rings (SSSR count). The number of likely N-dealkylation sites (N-methyl/N-ethyl adjacent to an activating group) is 1. The molecule has 1 aromatic carbocycles. The van der Waals surface area contributed by atoms with Crippen molar-refractivity contribution >= 4 is 7.82 Å². The summed E-state index contributed by atoms with van der Waals surface area (Å²) in [7, 11) is 2.04. The number of phosphoric ester groups is 1. The maximum Gasteiger partial charge on any atom is 0.472 e. The molecule has 0 aromatic heterocycles. The van der Waals surface area contributed by atoms with Crippen LogP contribution >= 0.6 is 7.82 Å². The van der Waals surface area contributed by atoms with Gasteiger partial charge in [-0.05, 0) is 18.5 Å². The fraction of sp³-hybridized carbons (Fsp3) is 0.812. The monoisotopic (exact) mass is 569 g/mol. The highest BCUT2D eigenvalue weighted by Crippen LogP contribution is 2.42. The molecule has 1 aromatic rings. The summed E-state index contributed by atoms with van der Waals surface area (Å²) in [5.74, 6) is 0. The molecule has 0 amide bonds. The lowest BCUT2D eigenvalue weighted by atomic mass is 10.0. The molecule has 7 heteroatoms. The van der Waals surface area contributed by atoms with Crippen molar-refractivity contribution in [1.29, 1.82) is 0 Å². The van der Waals surface area contributed by atoms with E-state index in [2.05, 4.69) is 36.1 Å². The Labute approximate surface area is 241 Å². The lowest BCUT2D eigenvalue weighted by Gasteiger charge is -2.25. The van der Waals surface area contributed by atoms with Crippen molar-refractivity contribution < 1.29 is 23.0 Å². The van der Waals surface area contributed by atoms with Crippen molar-refractivity contribution in [2.24, 2.45) is 0 Å². The molecule has 39 heavy (non-hydrogen) atoms. The Kier molecular flexibility index (Phi) is 21.3. The second-order valence-electron chi connectivity index (χ2n) is 12.2. The van der Waals surface area contributed by atoms with Crippen LogP contribution in [-0.2, 0) is 20.2 Å². The summed E-state index contributed by atoms with van der Waals surface area (Å²) in [5.41, 5.74) is 1.25. The number of hydrogen-bond donors (Lipinski definition) is 1. The third kappa shape index (κ3) is 23.6. The zero-order chi connectivity index (χ0) is 28.7. The molecule has 1 N–H and O–H groups in total. The van der Waals surface area contributed by atoms with E-state index in [0.29, 0.717) is 17.6 Å². The molecule has 228 valence electrons. The predicted octanol–water partition coefficient (Wildman–Crippen LogP) is 8.59. The molecule has 0 saturated carbocycles. The van der Waals surface area contributed by atoms with E-state index in [0.717, 1.165) is 19.5 Å². The number of benzene rings is 1. The van der Waals surface area contributed by atoms with E-state index in [9.17, 15) is 9.46 Å². The lowest BCUT2D eigenvalue weighted by Crippen LogP contribution is -2.37. The minimum absolute atomic E-state index is 0.184. The summed E-state index contributed by atoms with van der Waals surface area (Å²) in [6.45, 7) is 5.71. The van der Waals surface area contributed by atoms with E-state index in [4.69, 9.17) is 9.05 Å². The largest absolute Gasteiger partial charge is 0.472 e. The average molecular weight is 570 g/mol. The normalized spacial score (nSPS) is 13.7. The summed E-state index contributed by atoms with van der Waals surface area (Å²) in [5, 5.41) is 0. The van der Waals surface area contributed by atoms with Crippen molar-refractivity contribution in [2.45, 2.75) is 116 Å². The zero-order valence-electron chi connectivity index (χ0n) is 26.0. The first-order valence-corrected chi connectivity index (χ1v) is 17.4. The van der Waals surface area contributed by atoms with Crippen LogP contribution < -0.4 is 0 Å². The first-order valence-electron chi connectivity index (χ1n) is 15.9. The molecule has 6 nitrogen and oxygen atoms in total. The van der Waals surface area contributed by atoms with Gasteiger partial charge in [-0.3, -0.25) is 13.9 Å². The van der Waals surface area contributed by atoms with Gasteiger partial charge in [0.15, 0.2) is 0 Å². The van der Waals surface area contributed by atoms with Crippen molar-refractivity contribution in [3.05, 3.63) is 35.9 Å². The molecule has 0 aliphatic carbocycles. The number of unbranched alkanes of at least 4 members (excludes halogenated alkanes) is 15. The number of nitrogens with zero attached hydrogens (tertiary/aromatic N) is 2. The SMILES string of the molecule is CCCCCCCCCCCCCCCCCCN(CCOP(=O)(O)OCC[N+](C)(C)C)Cc1ccccc1. The summed E-state index contributed by atoms with van der Waals surface area (Å²) in [4.78, 5) is 12.3. The van der Waals surface area contributed by atoms with Crippen LogP contribution in [0.1, 0.15) is 115 Å². The quantitative estimate of drug-likeness (QED) is 0.0653. The van der Waals surface area contributed by atoms with Crippen molar-refractivity contribution in [1.82, 2.24) is 4.90 Å². The molecule has 0 saturated heterocycles. The summed E-state index contributed by atoms with van der Waals surface area (Å²) < 4.78 is 23.4. The molecule has 0 fully saturated rings. The smallest absolute Gasteiger partial charge is 0.329 e. The van der Waals surface area contributed by atoms with E-state index in [1.165, 1.54) is 102 Å². The Morgan fingerprint density at radius 3 is 1.64 bits per heavy atom. The van der Waals surface area contributed by atoms with Crippen LogP contribution in [0.25, 0.3) is 0 Å². The number of hydrogen-bond acceptors (Lipinski definition) is 4. The molecule has 1 unspecified atom stereocenters. The van der Waals surface area contributed by atoms with Gasteiger partial charge in [0.05, 0.1) is 27.7 Å². The van der Waals surface area contributed by atoms with E-state index in [1.807, 2.05) is 27.2 Å². The van der Waals surface area contributed by atoms with Gasteiger partial charge in [-0.25, -0.2) is 4.57 Å². The highest BCUT2D eigenvalue weighted by molar-refractivity contribution is 7.47. The first-order chi connectivity index (χ1) is 18.7. The molecule has 0 aliphatic heterocycles. The molecule has 0 radical (unpaired) electrons. The van der Waals surface area contributed by atoms with Gasteiger partial charge in [-0.15, -0.1) is 0 Å². The van der Waals surface area contributed by atoms with Crippen molar-refractivity contribution in [3.63, 3.8) is 0 Å². The predicted molar refractivity (Wildman–Crippen MR) is 166 cm³/mol. The van der Waals surface area contributed by atoms with Gasteiger partial charge in [0, 0.05) is 13.1 Å². The minimum atomic E-state index is -4.02. The zero-order valence-corrected chi connectivity index (χ0v) is 26.9. The van der Waals surface area contributed by atoms with Crippen molar-refractivity contribution in [2.75, 3.05) is 54.0 Å². The number of phosphoric acid groups is 1. The van der Waals surface area contributed by atoms with Crippen LogP contribution in [-0.4, -0.2) is 68.3 Å². The Morgan fingerprint density at radius 2 is 1.15 bits per heavy atom. The van der Waals surface area contributed by atoms with Gasteiger partial charge in [-0.2, -0.15) is 0 Å². The van der Waals surface area contributed by atoms with E-state index >= 15 is 0 Å². The maximum absolute atomic E-state index is 12.2.